The smallest absolute Gasteiger partial charge is 0.407 e. The fraction of sp³-hybridized carbons (Fsp3) is 0.400. The second-order valence-corrected chi connectivity index (χ2v) is 13.8. The number of aromatic amines is 1. The molecule has 0 aliphatic heterocycles. The van der Waals surface area contributed by atoms with Gasteiger partial charge in [-0.05, 0) is 69.2 Å². The molecule has 5 N–H and O–H groups in total. The Kier molecular flexibility index (Phi) is 13.7. The van der Waals surface area contributed by atoms with E-state index in [4.69, 9.17) is 4.74 Å². The molecule has 0 saturated carbocycles. The van der Waals surface area contributed by atoms with Gasteiger partial charge in [-0.25, -0.2) is 9.78 Å². The number of hydrogen-bond acceptors (Lipinski definition) is 6. The van der Waals surface area contributed by atoms with Gasteiger partial charge in [-0.1, -0.05) is 105 Å². The first-order valence-corrected chi connectivity index (χ1v) is 17.4. The Bertz CT molecular complexity index is 1670. The number of H-pyrrole nitrogens is 1. The van der Waals surface area contributed by atoms with Crippen molar-refractivity contribution in [1.29, 1.82) is 0 Å². The van der Waals surface area contributed by atoms with Crippen LogP contribution in [0.4, 0.5) is 4.79 Å². The number of hydrogen-bond donors (Lipinski definition) is 5. The number of aliphatic hydroxyl groups is 1. The predicted molar refractivity (Wildman–Crippen MR) is 197 cm³/mol. The van der Waals surface area contributed by atoms with E-state index >= 15 is 0 Å². The lowest BCUT2D eigenvalue weighted by atomic mass is 9.89. The zero-order chi connectivity index (χ0) is 36.1. The van der Waals surface area contributed by atoms with E-state index in [0.29, 0.717) is 25.1 Å². The summed E-state index contributed by atoms with van der Waals surface area (Å²) < 4.78 is 5.51. The molecule has 0 aliphatic carbocycles. The Morgan fingerprint density at radius 3 is 2.24 bits per heavy atom. The number of nitrogens with zero attached hydrogens (tertiary/aromatic N) is 1. The lowest BCUT2D eigenvalue weighted by molar-refractivity contribution is -0.133. The van der Waals surface area contributed by atoms with Crippen LogP contribution in [0.1, 0.15) is 70.8 Å². The first-order chi connectivity index (χ1) is 23.9. The van der Waals surface area contributed by atoms with Gasteiger partial charge in [-0.2, -0.15) is 0 Å². The van der Waals surface area contributed by atoms with Crippen LogP contribution in [0.3, 0.4) is 0 Å². The molecule has 10 heteroatoms. The van der Waals surface area contributed by atoms with Crippen LogP contribution in [-0.4, -0.2) is 56.8 Å². The molecule has 3 amide bonds. The molecular weight excluding hydrogens is 630 g/mol. The summed E-state index contributed by atoms with van der Waals surface area (Å²) >= 11 is 0. The lowest BCUT2D eigenvalue weighted by Crippen LogP contribution is -2.52. The summed E-state index contributed by atoms with van der Waals surface area (Å²) in [5.41, 5.74) is 2.84. The summed E-state index contributed by atoms with van der Waals surface area (Å²) in [5, 5.41) is 20.4. The highest BCUT2D eigenvalue weighted by Gasteiger charge is 2.32. The molecule has 0 fully saturated rings. The van der Waals surface area contributed by atoms with E-state index in [9.17, 15) is 19.5 Å². The van der Waals surface area contributed by atoms with E-state index in [1.807, 2.05) is 111 Å². The van der Waals surface area contributed by atoms with Gasteiger partial charge in [-0.3, -0.25) is 9.59 Å². The number of amides is 3. The van der Waals surface area contributed by atoms with E-state index in [2.05, 4.69) is 25.9 Å². The maximum atomic E-state index is 14.1. The van der Waals surface area contributed by atoms with Crippen LogP contribution in [0, 0.1) is 11.8 Å². The molecule has 0 bridgehead atoms. The van der Waals surface area contributed by atoms with Crippen molar-refractivity contribution >= 4 is 35.0 Å². The largest absolute Gasteiger partial charge is 0.444 e. The molecule has 4 rings (SSSR count). The highest BCUT2D eigenvalue weighted by molar-refractivity contribution is 5.89. The average Bonchev–Trinajstić information content (AvgIpc) is 3.51. The van der Waals surface area contributed by atoms with Crippen LogP contribution < -0.4 is 16.0 Å². The molecule has 266 valence electrons. The number of allylic oxidation sites excluding steroid dienone is 1. The van der Waals surface area contributed by atoms with Crippen molar-refractivity contribution in [2.24, 2.45) is 11.8 Å². The molecule has 5 atom stereocenters. The Labute approximate surface area is 295 Å². The molecule has 0 aliphatic rings. The molecule has 1 heterocycles. The number of carbonyl (C=O) groups excluding carboxylic acids is 3. The van der Waals surface area contributed by atoms with E-state index in [1.165, 1.54) is 0 Å². The van der Waals surface area contributed by atoms with Crippen molar-refractivity contribution in [1.82, 2.24) is 25.9 Å². The molecule has 3 aromatic carbocycles. The molecule has 1 aromatic heterocycles. The number of rotatable bonds is 16. The van der Waals surface area contributed by atoms with E-state index < -0.39 is 35.8 Å². The predicted octanol–water partition coefficient (Wildman–Crippen LogP) is 6.32. The van der Waals surface area contributed by atoms with Crippen molar-refractivity contribution < 1.29 is 24.2 Å². The van der Waals surface area contributed by atoms with Gasteiger partial charge in [0, 0.05) is 5.92 Å². The van der Waals surface area contributed by atoms with E-state index in [-0.39, 0.29) is 30.7 Å². The fourth-order valence-electron chi connectivity index (χ4n) is 5.65. The summed E-state index contributed by atoms with van der Waals surface area (Å²) in [6.07, 6.45) is 3.40. The second kappa shape index (κ2) is 18.2. The number of alkyl carbamates (subject to hydrolysis) is 1. The maximum absolute atomic E-state index is 14.1. The summed E-state index contributed by atoms with van der Waals surface area (Å²) in [7, 11) is 0. The summed E-state index contributed by atoms with van der Waals surface area (Å²) in [6, 6.07) is 25.3. The van der Waals surface area contributed by atoms with E-state index in [0.717, 1.165) is 22.2 Å². The van der Waals surface area contributed by atoms with Gasteiger partial charge >= 0.3 is 6.09 Å². The average molecular weight is 682 g/mol. The summed E-state index contributed by atoms with van der Waals surface area (Å²) in [4.78, 5) is 48.3. The van der Waals surface area contributed by atoms with Crippen LogP contribution in [0.25, 0.3) is 17.1 Å². The SMILES string of the molecule is CC[C@H](C)[C@H](NC(=O)[C@H](C/C=C/c1ccccc1)C[C@H](O)[C@H](Cc1ccccc1)NC(=O)OC(C)(C)C)C(=O)NCc1nc2ccccc2[nH]1. The number of ether oxygens (including phenoxy) is 1. The highest BCUT2D eigenvalue weighted by Crippen LogP contribution is 2.21. The minimum absolute atomic E-state index is 0.0338. The lowest BCUT2D eigenvalue weighted by Gasteiger charge is -2.30. The van der Waals surface area contributed by atoms with E-state index in [1.54, 1.807) is 20.8 Å². The minimum Gasteiger partial charge on any atom is -0.444 e. The van der Waals surface area contributed by atoms with Gasteiger partial charge in [0.25, 0.3) is 0 Å². The third-order valence-electron chi connectivity index (χ3n) is 8.55. The second-order valence-electron chi connectivity index (χ2n) is 13.8. The first kappa shape index (κ1) is 37.9. The quantitative estimate of drug-likeness (QED) is 0.0937. The van der Waals surface area contributed by atoms with Crippen molar-refractivity contribution in [3.05, 3.63) is 108 Å². The number of aliphatic hydroxyl groups excluding tert-OH is 1. The van der Waals surface area contributed by atoms with Gasteiger partial charge < -0.3 is 30.8 Å². The van der Waals surface area contributed by atoms with Crippen LogP contribution in [0.5, 0.6) is 0 Å². The third-order valence-corrected chi connectivity index (χ3v) is 8.55. The standard InChI is InChI=1S/C40H51N5O5/c1-6-27(2)36(38(48)41-26-35-42-31-22-13-14-23-32(31)43-35)45-37(47)30(21-15-20-28-16-9-7-10-17-28)25-34(46)33(24-29-18-11-8-12-19-29)44-39(49)50-40(3,4)5/h7-20,22-23,27,30,33-34,36,46H,6,21,24-26H2,1-5H3,(H,41,48)(H,42,43)(H,44,49)(H,45,47)/b20-15+/t27-,30+,33-,34-,36-/m0/s1. The molecule has 0 spiro atoms. The molecule has 4 aromatic rings. The number of imidazole rings is 1. The monoisotopic (exact) mass is 681 g/mol. The van der Waals surface area contributed by atoms with Gasteiger partial charge in [0.1, 0.15) is 17.5 Å². The van der Waals surface area contributed by atoms with Crippen molar-refractivity contribution in [3.8, 4) is 0 Å². The van der Waals surface area contributed by atoms with Crippen LogP contribution in [0.15, 0.2) is 91.0 Å². The highest BCUT2D eigenvalue weighted by atomic mass is 16.6. The van der Waals surface area contributed by atoms with Crippen LogP contribution in [-0.2, 0) is 27.3 Å². The van der Waals surface area contributed by atoms with Gasteiger partial charge in [0.05, 0.1) is 29.7 Å². The number of carbonyl (C=O) groups is 3. The maximum Gasteiger partial charge on any atom is 0.407 e. The summed E-state index contributed by atoms with van der Waals surface area (Å²) in [6.45, 7) is 9.39. The Balaban J connectivity index is 1.53. The topological polar surface area (TPSA) is 145 Å². The molecule has 10 nitrogen and oxygen atoms in total. The fourth-order valence-corrected chi connectivity index (χ4v) is 5.65. The summed E-state index contributed by atoms with van der Waals surface area (Å²) in [5.74, 6) is -0.941. The third kappa shape index (κ3) is 11.9. The van der Waals surface area contributed by atoms with Gasteiger partial charge in [0.2, 0.25) is 11.8 Å². The molecule has 0 radical (unpaired) electrons. The number of benzene rings is 3. The Morgan fingerprint density at radius 1 is 0.920 bits per heavy atom. The number of aromatic nitrogens is 2. The van der Waals surface area contributed by atoms with Crippen LogP contribution >= 0.6 is 0 Å². The number of nitrogens with one attached hydrogen (secondary N) is 4. The Morgan fingerprint density at radius 2 is 1.58 bits per heavy atom. The normalized spacial score (nSPS) is 14.8. The zero-order valence-electron chi connectivity index (χ0n) is 29.7. The zero-order valence-corrected chi connectivity index (χ0v) is 29.7. The van der Waals surface area contributed by atoms with Crippen molar-refractivity contribution in [2.75, 3.05) is 0 Å². The van der Waals surface area contributed by atoms with Crippen molar-refractivity contribution in [3.63, 3.8) is 0 Å². The van der Waals surface area contributed by atoms with Gasteiger partial charge in [-0.15, -0.1) is 0 Å². The molecule has 0 unspecified atom stereocenters. The molecule has 0 saturated heterocycles. The first-order valence-electron chi connectivity index (χ1n) is 17.4. The molecule has 50 heavy (non-hydrogen) atoms. The number of fused-ring (bicyclic) bond motifs is 1. The minimum atomic E-state index is -1.10. The Hall–Kier alpha value is -4.96. The van der Waals surface area contributed by atoms with Gasteiger partial charge in [0.15, 0.2) is 0 Å². The molecular formula is C40H51N5O5. The van der Waals surface area contributed by atoms with Crippen molar-refractivity contribution in [2.45, 2.75) is 90.6 Å². The van der Waals surface area contributed by atoms with Crippen LogP contribution in [0.2, 0.25) is 0 Å². The number of para-hydroxylation sites is 2.